The van der Waals surface area contributed by atoms with Gasteiger partial charge in [0.2, 0.25) is 11.8 Å². The van der Waals surface area contributed by atoms with Gasteiger partial charge < -0.3 is 15.5 Å². The summed E-state index contributed by atoms with van der Waals surface area (Å²) < 4.78 is 0. The minimum Gasteiger partial charge on any atom is -0.356 e. The second-order valence-corrected chi connectivity index (χ2v) is 5.46. The molecule has 0 aliphatic carbocycles. The van der Waals surface area contributed by atoms with Crippen LogP contribution in [0.1, 0.15) is 25.5 Å². The Morgan fingerprint density at radius 2 is 2.36 bits per heavy atom. The van der Waals surface area contributed by atoms with Crippen LogP contribution in [0.5, 0.6) is 0 Å². The molecule has 0 radical (unpaired) electrons. The molecule has 1 aromatic rings. The van der Waals surface area contributed by atoms with Crippen molar-refractivity contribution in [3.8, 4) is 0 Å². The summed E-state index contributed by atoms with van der Waals surface area (Å²) in [7, 11) is 0. The van der Waals surface area contributed by atoms with Crippen LogP contribution >= 0.6 is 0 Å². The number of carbonyl (C=O) groups excluding carboxylic acids is 2. The molecule has 0 aromatic carbocycles. The van der Waals surface area contributed by atoms with Crippen LogP contribution in [0.3, 0.4) is 0 Å². The minimum atomic E-state index is -0.393. The van der Waals surface area contributed by atoms with Crippen molar-refractivity contribution < 1.29 is 9.59 Å². The number of pyridine rings is 1. The van der Waals surface area contributed by atoms with E-state index in [1.807, 2.05) is 23.1 Å². The maximum Gasteiger partial charge on any atom is 0.240 e. The fraction of sp³-hybridized carbons (Fsp3) is 0.562. The standard InChI is InChI=1S/C16H24N4O2/c1-2-10-20-11-9-18-14(16(20)22)12-15(21)19-8-6-13-5-3-4-7-17-13/h3-5,7,14,18H,2,6,8-12H2,1H3,(H,19,21). The third-order valence-corrected chi connectivity index (χ3v) is 3.69. The first kappa shape index (κ1) is 16.4. The van der Waals surface area contributed by atoms with Crippen LogP contribution < -0.4 is 10.6 Å². The molecule has 1 aliphatic heterocycles. The van der Waals surface area contributed by atoms with Crippen LogP contribution in [0.15, 0.2) is 24.4 Å². The highest BCUT2D eigenvalue weighted by molar-refractivity contribution is 5.88. The molecule has 2 heterocycles. The van der Waals surface area contributed by atoms with Crippen molar-refractivity contribution in [1.29, 1.82) is 0 Å². The van der Waals surface area contributed by atoms with Crippen LogP contribution in [-0.4, -0.2) is 53.9 Å². The van der Waals surface area contributed by atoms with Crippen molar-refractivity contribution in [3.63, 3.8) is 0 Å². The van der Waals surface area contributed by atoms with E-state index in [2.05, 4.69) is 22.5 Å². The molecule has 6 heteroatoms. The Balaban J connectivity index is 1.73. The molecule has 1 aromatic heterocycles. The average molecular weight is 304 g/mol. The number of amides is 2. The maximum atomic E-state index is 12.2. The van der Waals surface area contributed by atoms with E-state index in [-0.39, 0.29) is 18.2 Å². The molecule has 1 aliphatic rings. The van der Waals surface area contributed by atoms with Crippen molar-refractivity contribution in [1.82, 2.24) is 20.5 Å². The molecule has 1 fully saturated rings. The second kappa shape index (κ2) is 8.48. The molecule has 2 N–H and O–H groups in total. The van der Waals surface area contributed by atoms with Crippen LogP contribution in [0.25, 0.3) is 0 Å². The first-order valence-electron chi connectivity index (χ1n) is 7.89. The Hall–Kier alpha value is -1.95. The third-order valence-electron chi connectivity index (χ3n) is 3.69. The van der Waals surface area contributed by atoms with Crippen molar-refractivity contribution in [3.05, 3.63) is 30.1 Å². The average Bonchev–Trinajstić information content (AvgIpc) is 2.52. The predicted octanol–water partition coefficient (Wildman–Crippen LogP) is 0.341. The molecule has 120 valence electrons. The van der Waals surface area contributed by atoms with Gasteiger partial charge in [-0.2, -0.15) is 0 Å². The summed E-state index contributed by atoms with van der Waals surface area (Å²) in [6.07, 6.45) is 3.57. The number of rotatable bonds is 7. The molecule has 2 amide bonds. The number of hydrogen-bond acceptors (Lipinski definition) is 4. The van der Waals surface area contributed by atoms with E-state index in [4.69, 9.17) is 0 Å². The summed E-state index contributed by atoms with van der Waals surface area (Å²) in [6, 6.07) is 5.33. The summed E-state index contributed by atoms with van der Waals surface area (Å²) in [5.41, 5.74) is 0.948. The summed E-state index contributed by atoms with van der Waals surface area (Å²) in [4.78, 5) is 30.2. The number of nitrogens with zero attached hydrogens (tertiary/aromatic N) is 2. The first-order valence-corrected chi connectivity index (χ1v) is 7.89. The van der Waals surface area contributed by atoms with E-state index in [1.165, 1.54) is 0 Å². The van der Waals surface area contributed by atoms with Crippen LogP contribution in [-0.2, 0) is 16.0 Å². The monoisotopic (exact) mass is 304 g/mol. The lowest BCUT2D eigenvalue weighted by Gasteiger charge is -2.32. The molecular formula is C16H24N4O2. The SMILES string of the molecule is CCCN1CCNC(CC(=O)NCCc2ccccn2)C1=O. The number of aromatic nitrogens is 1. The lowest BCUT2D eigenvalue weighted by molar-refractivity contribution is -0.138. The topological polar surface area (TPSA) is 74.3 Å². The van der Waals surface area contributed by atoms with Crippen molar-refractivity contribution >= 4 is 11.8 Å². The Kier molecular flexibility index (Phi) is 6.33. The van der Waals surface area contributed by atoms with Gasteiger partial charge in [0.1, 0.15) is 0 Å². The van der Waals surface area contributed by atoms with Gasteiger partial charge in [0.15, 0.2) is 0 Å². The summed E-state index contributed by atoms with van der Waals surface area (Å²) in [5, 5.41) is 5.99. The predicted molar refractivity (Wildman–Crippen MR) is 84.2 cm³/mol. The van der Waals surface area contributed by atoms with E-state index in [0.717, 1.165) is 31.7 Å². The largest absolute Gasteiger partial charge is 0.356 e. The van der Waals surface area contributed by atoms with Gasteiger partial charge in [0.05, 0.1) is 12.5 Å². The molecule has 1 saturated heterocycles. The Morgan fingerprint density at radius 1 is 1.50 bits per heavy atom. The Labute approximate surface area is 131 Å². The van der Waals surface area contributed by atoms with Crippen LogP contribution in [0.2, 0.25) is 0 Å². The summed E-state index contributed by atoms with van der Waals surface area (Å²) in [6.45, 7) is 4.82. The lowest BCUT2D eigenvalue weighted by atomic mass is 10.1. The highest BCUT2D eigenvalue weighted by Gasteiger charge is 2.29. The van der Waals surface area contributed by atoms with Crippen LogP contribution in [0, 0.1) is 0 Å². The molecule has 22 heavy (non-hydrogen) atoms. The fourth-order valence-corrected chi connectivity index (χ4v) is 2.58. The van der Waals surface area contributed by atoms with E-state index in [0.29, 0.717) is 13.0 Å². The zero-order valence-electron chi connectivity index (χ0n) is 13.0. The van der Waals surface area contributed by atoms with Crippen LogP contribution in [0.4, 0.5) is 0 Å². The number of piperazine rings is 1. The van der Waals surface area contributed by atoms with Gasteiger partial charge in [0.25, 0.3) is 0 Å². The summed E-state index contributed by atoms with van der Waals surface area (Å²) >= 11 is 0. The van der Waals surface area contributed by atoms with Gasteiger partial charge in [-0.1, -0.05) is 13.0 Å². The quantitative estimate of drug-likeness (QED) is 0.762. The Bertz CT molecular complexity index is 490. The molecule has 0 saturated carbocycles. The maximum absolute atomic E-state index is 12.2. The fourth-order valence-electron chi connectivity index (χ4n) is 2.58. The summed E-state index contributed by atoms with van der Waals surface area (Å²) in [5.74, 6) is -0.0619. The number of carbonyl (C=O) groups is 2. The zero-order valence-corrected chi connectivity index (χ0v) is 13.0. The van der Waals surface area contributed by atoms with Crippen molar-refractivity contribution in [2.24, 2.45) is 0 Å². The van der Waals surface area contributed by atoms with Gasteiger partial charge in [-0.15, -0.1) is 0 Å². The van der Waals surface area contributed by atoms with Gasteiger partial charge in [-0.25, -0.2) is 0 Å². The zero-order chi connectivity index (χ0) is 15.8. The highest BCUT2D eigenvalue weighted by Crippen LogP contribution is 2.06. The smallest absolute Gasteiger partial charge is 0.240 e. The van der Waals surface area contributed by atoms with E-state index < -0.39 is 6.04 Å². The van der Waals surface area contributed by atoms with Gasteiger partial charge in [-0.3, -0.25) is 14.6 Å². The molecule has 1 unspecified atom stereocenters. The van der Waals surface area contributed by atoms with E-state index in [9.17, 15) is 9.59 Å². The molecule has 2 rings (SSSR count). The molecule has 6 nitrogen and oxygen atoms in total. The van der Waals surface area contributed by atoms with E-state index in [1.54, 1.807) is 6.20 Å². The molecule has 0 spiro atoms. The van der Waals surface area contributed by atoms with Gasteiger partial charge in [0, 0.05) is 44.5 Å². The first-order chi connectivity index (χ1) is 10.7. The second-order valence-electron chi connectivity index (χ2n) is 5.46. The third kappa shape index (κ3) is 4.80. The molecule has 0 bridgehead atoms. The number of nitrogens with one attached hydrogen (secondary N) is 2. The van der Waals surface area contributed by atoms with Crippen molar-refractivity contribution in [2.75, 3.05) is 26.2 Å². The van der Waals surface area contributed by atoms with Gasteiger partial charge >= 0.3 is 0 Å². The van der Waals surface area contributed by atoms with Crippen molar-refractivity contribution in [2.45, 2.75) is 32.2 Å². The Morgan fingerprint density at radius 3 is 3.09 bits per heavy atom. The minimum absolute atomic E-state index is 0.0352. The highest BCUT2D eigenvalue weighted by atomic mass is 16.2. The normalized spacial score (nSPS) is 18.3. The lowest BCUT2D eigenvalue weighted by Crippen LogP contribution is -2.56. The number of hydrogen-bond donors (Lipinski definition) is 2. The molecule has 1 atom stereocenters. The van der Waals surface area contributed by atoms with E-state index >= 15 is 0 Å². The van der Waals surface area contributed by atoms with Gasteiger partial charge in [-0.05, 0) is 18.6 Å². The molecular weight excluding hydrogens is 280 g/mol.